The molecule has 3 aliphatic rings. The molecule has 1 aliphatic heterocycles. The molecule has 6 heteroatoms. The molecule has 1 unspecified atom stereocenters. The van der Waals surface area contributed by atoms with Crippen LogP contribution in [0.1, 0.15) is 46.5 Å². The second-order valence-corrected chi connectivity index (χ2v) is 8.62. The highest BCUT2D eigenvalue weighted by Crippen LogP contribution is 2.66. The SMILES string of the molecule is COC(=O)C1(Cl)CC2=C(CN(C(=O)OC(C)(C)C)C2)CC12CC2. The third-order valence-corrected chi connectivity index (χ3v) is 5.82. The van der Waals surface area contributed by atoms with Gasteiger partial charge in [0.1, 0.15) is 5.60 Å². The third-order valence-electron chi connectivity index (χ3n) is 5.13. The summed E-state index contributed by atoms with van der Waals surface area (Å²) in [5.74, 6) is -0.348. The van der Waals surface area contributed by atoms with Gasteiger partial charge in [0.25, 0.3) is 0 Å². The fourth-order valence-electron chi connectivity index (χ4n) is 3.76. The number of carbonyl (C=O) groups is 2. The first-order chi connectivity index (χ1) is 10.6. The molecular weight excluding hydrogens is 318 g/mol. The number of halogens is 1. The Morgan fingerprint density at radius 3 is 2.17 bits per heavy atom. The van der Waals surface area contributed by atoms with Crippen LogP contribution in [0.2, 0.25) is 0 Å². The Bertz CT molecular complexity index is 588. The maximum Gasteiger partial charge on any atom is 0.410 e. The van der Waals surface area contributed by atoms with E-state index >= 15 is 0 Å². The minimum atomic E-state index is -0.982. The molecule has 0 aromatic rings. The molecule has 1 heterocycles. The Labute approximate surface area is 141 Å². The van der Waals surface area contributed by atoms with Crippen LogP contribution in [0.5, 0.6) is 0 Å². The van der Waals surface area contributed by atoms with E-state index in [1.54, 1.807) is 4.90 Å². The van der Waals surface area contributed by atoms with Crippen LogP contribution in [0.3, 0.4) is 0 Å². The number of amides is 1. The fraction of sp³-hybridized carbons (Fsp3) is 0.765. The van der Waals surface area contributed by atoms with Crippen LogP contribution in [0.4, 0.5) is 4.79 Å². The van der Waals surface area contributed by atoms with Crippen molar-refractivity contribution >= 4 is 23.7 Å². The number of alkyl halides is 1. The van der Waals surface area contributed by atoms with E-state index in [1.807, 2.05) is 20.8 Å². The number of ether oxygens (including phenoxy) is 2. The molecule has 1 amide bonds. The van der Waals surface area contributed by atoms with Crippen LogP contribution in [0.25, 0.3) is 0 Å². The van der Waals surface area contributed by atoms with E-state index in [1.165, 1.54) is 12.7 Å². The van der Waals surface area contributed by atoms with Crippen LogP contribution in [-0.4, -0.2) is 47.6 Å². The largest absolute Gasteiger partial charge is 0.468 e. The van der Waals surface area contributed by atoms with E-state index in [4.69, 9.17) is 21.1 Å². The molecule has 0 aromatic carbocycles. The maximum atomic E-state index is 12.3. The zero-order chi connectivity index (χ0) is 17.0. The molecule has 5 nitrogen and oxygen atoms in total. The molecule has 1 fully saturated rings. The van der Waals surface area contributed by atoms with E-state index < -0.39 is 10.5 Å². The van der Waals surface area contributed by atoms with Crippen molar-refractivity contribution in [1.29, 1.82) is 0 Å². The topological polar surface area (TPSA) is 55.8 Å². The lowest BCUT2D eigenvalue weighted by molar-refractivity contribution is -0.146. The number of nitrogens with zero attached hydrogens (tertiary/aromatic N) is 1. The molecule has 1 atom stereocenters. The van der Waals surface area contributed by atoms with Crippen LogP contribution in [0.15, 0.2) is 11.1 Å². The highest BCUT2D eigenvalue weighted by molar-refractivity contribution is 6.35. The first-order valence-corrected chi connectivity index (χ1v) is 8.43. The molecule has 0 radical (unpaired) electrons. The van der Waals surface area contributed by atoms with Gasteiger partial charge in [-0.3, -0.25) is 4.79 Å². The van der Waals surface area contributed by atoms with Crippen LogP contribution < -0.4 is 0 Å². The highest BCUT2D eigenvalue weighted by atomic mass is 35.5. The van der Waals surface area contributed by atoms with Crippen LogP contribution >= 0.6 is 11.6 Å². The zero-order valence-electron chi connectivity index (χ0n) is 14.2. The van der Waals surface area contributed by atoms with Gasteiger partial charge in [-0.25, -0.2) is 4.79 Å². The lowest BCUT2D eigenvalue weighted by Crippen LogP contribution is -2.46. The second-order valence-electron chi connectivity index (χ2n) is 7.97. The first kappa shape index (κ1) is 16.6. The maximum absolute atomic E-state index is 12.3. The number of esters is 1. The van der Waals surface area contributed by atoms with Crippen molar-refractivity contribution in [3.8, 4) is 0 Å². The fourth-order valence-corrected chi connectivity index (χ4v) is 4.26. The van der Waals surface area contributed by atoms with E-state index in [0.717, 1.165) is 24.8 Å². The number of rotatable bonds is 1. The van der Waals surface area contributed by atoms with Crippen LogP contribution in [0, 0.1) is 5.41 Å². The summed E-state index contributed by atoms with van der Waals surface area (Å²) in [6.45, 7) is 6.64. The van der Waals surface area contributed by atoms with Crippen molar-refractivity contribution in [3.63, 3.8) is 0 Å². The lowest BCUT2D eigenvalue weighted by Gasteiger charge is -2.38. The number of hydrogen-bond acceptors (Lipinski definition) is 4. The van der Waals surface area contributed by atoms with Gasteiger partial charge in [-0.05, 0) is 51.2 Å². The first-order valence-electron chi connectivity index (χ1n) is 8.05. The summed E-state index contributed by atoms with van der Waals surface area (Å²) in [6, 6.07) is 0. The van der Waals surface area contributed by atoms with Crippen molar-refractivity contribution in [2.24, 2.45) is 5.41 Å². The minimum absolute atomic E-state index is 0.190. The zero-order valence-corrected chi connectivity index (χ0v) is 15.0. The predicted molar refractivity (Wildman–Crippen MR) is 86.3 cm³/mol. The van der Waals surface area contributed by atoms with Gasteiger partial charge in [0.2, 0.25) is 0 Å². The lowest BCUT2D eigenvalue weighted by atomic mass is 9.73. The van der Waals surface area contributed by atoms with Crippen molar-refractivity contribution < 1.29 is 19.1 Å². The number of hydrogen-bond donors (Lipinski definition) is 0. The van der Waals surface area contributed by atoms with Crippen molar-refractivity contribution in [3.05, 3.63) is 11.1 Å². The van der Waals surface area contributed by atoms with Crippen molar-refractivity contribution in [2.75, 3.05) is 20.2 Å². The van der Waals surface area contributed by atoms with E-state index in [9.17, 15) is 9.59 Å². The number of methoxy groups -OCH3 is 1. The van der Waals surface area contributed by atoms with E-state index in [-0.39, 0.29) is 17.5 Å². The summed E-state index contributed by atoms with van der Waals surface area (Å²) in [7, 11) is 1.38. The summed E-state index contributed by atoms with van der Waals surface area (Å²) < 4.78 is 10.4. The summed E-state index contributed by atoms with van der Waals surface area (Å²) in [5.41, 5.74) is 1.63. The average molecular weight is 342 g/mol. The van der Waals surface area contributed by atoms with Gasteiger partial charge in [-0.15, -0.1) is 11.6 Å². The van der Waals surface area contributed by atoms with Crippen LogP contribution in [-0.2, 0) is 14.3 Å². The quantitative estimate of drug-likeness (QED) is 0.417. The van der Waals surface area contributed by atoms with Crippen molar-refractivity contribution in [1.82, 2.24) is 4.90 Å². The molecular formula is C17H24ClNO4. The second kappa shape index (κ2) is 5.13. The molecule has 128 valence electrons. The number of carbonyl (C=O) groups excluding carboxylic acids is 2. The molecule has 23 heavy (non-hydrogen) atoms. The summed E-state index contributed by atoms with van der Waals surface area (Å²) in [5, 5.41) is 0. The molecule has 3 rings (SSSR count). The summed E-state index contributed by atoms with van der Waals surface area (Å²) >= 11 is 6.74. The van der Waals surface area contributed by atoms with Gasteiger partial charge < -0.3 is 14.4 Å². The Morgan fingerprint density at radius 2 is 1.70 bits per heavy atom. The summed E-state index contributed by atoms with van der Waals surface area (Å²) in [4.78, 5) is 25.3. The van der Waals surface area contributed by atoms with E-state index in [0.29, 0.717) is 19.5 Å². The molecule has 0 bridgehead atoms. The standard InChI is InChI=1S/C17H24ClNO4/c1-15(2,3)23-14(21)19-9-11-7-16(5-6-16)17(18,13(20)22-4)8-12(11)10-19/h5-10H2,1-4H3. The third kappa shape index (κ3) is 2.73. The average Bonchev–Trinajstić information content (AvgIpc) is 3.10. The predicted octanol–water partition coefficient (Wildman–Crippen LogP) is 3.26. The molecule has 0 saturated heterocycles. The van der Waals surface area contributed by atoms with Gasteiger partial charge in [0.15, 0.2) is 4.87 Å². The normalized spacial score (nSPS) is 28.7. The van der Waals surface area contributed by atoms with Crippen molar-refractivity contribution in [2.45, 2.75) is 56.9 Å². The Balaban J connectivity index is 1.76. The molecule has 0 N–H and O–H groups in total. The monoisotopic (exact) mass is 341 g/mol. The smallest absolute Gasteiger partial charge is 0.410 e. The van der Waals surface area contributed by atoms with Gasteiger partial charge >= 0.3 is 12.1 Å². The molecule has 1 saturated carbocycles. The molecule has 0 aromatic heterocycles. The summed E-state index contributed by atoms with van der Waals surface area (Å²) in [6.07, 6.45) is 2.81. The van der Waals surface area contributed by atoms with Gasteiger partial charge in [0.05, 0.1) is 7.11 Å². The minimum Gasteiger partial charge on any atom is -0.468 e. The van der Waals surface area contributed by atoms with Gasteiger partial charge in [-0.1, -0.05) is 0 Å². The Kier molecular flexibility index (Phi) is 3.71. The highest BCUT2D eigenvalue weighted by Gasteiger charge is 2.66. The Hall–Kier alpha value is -1.23. The molecule has 1 spiro atoms. The Morgan fingerprint density at radius 1 is 1.13 bits per heavy atom. The molecule has 2 aliphatic carbocycles. The van der Waals surface area contributed by atoms with Gasteiger partial charge in [0, 0.05) is 24.9 Å². The van der Waals surface area contributed by atoms with E-state index in [2.05, 4.69) is 0 Å². The van der Waals surface area contributed by atoms with Gasteiger partial charge in [-0.2, -0.15) is 0 Å².